The van der Waals surface area contributed by atoms with Crippen molar-refractivity contribution in [3.05, 3.63) is 35.9 Å². The molecule has 2 amide bonds. The van der Waals surface area contributed by atoms with Crippen LogP contribution in [0.3, 0.4) is 0 Å². The molecule has 1 aromatic carbocycles. The first-order chi connectivity index (χ1) is 8.63. The van der Waals surface area contributed by atoms with E-state index in [1.807, 2.05) is 36.6 Å². The van der Waals surface area contributed by atoms with E-state index in [0.717, 1.165) is 5.56 Å². The molecule has 4 nitrogen and oxygen atoms in total. The van der Waals surface area contributed by atoms with E-state index in [-0.39, 0.29) is 11.8 Å². The minimum Gasteiger partial charge on any atom is -0.350 e. The lowest BCUT2D eigenvalue weighted by atomic mass is 10.2. The number of rotatable bonds is 6. The first kappa shape index (κ1) is 14.6. The molecule has 0 spiro atoms. The molecule has 0 aliphatic heterocycles. The van der Waals surface area contributed by atoms with Crippen molar-refractivity contribution in [2.24, 2.45) is 0 Å². The van der Waals surface area contributed by atoms with E-state index < -0.39 is 6.04 Å². The maximum absolute atomic E-state index is 11.9. The lowest BCUT2D eigenvalue weighted by Crippen LogP contribution is -2.47. The summed E-state index contributed by atoms with van der Waals surface area (Å²) in [7, 11) is 0. The lowest BCUT2D eigenvalue weighted by Gasteiger charge is -2.16. The van der Waals surface area contributed by atoms with Crippen LogP contribution < -0.4 is 10.6 Å². The van der Waals surface area contributed by atoms with Crippen LogP contribution in [0.1, 0.15) is 12.5 Å². The van der Waals surface area contributed by atoms with E-state index in [9.17, 15) is 9.59 Å². The summed E-state index contributed by atoms with van der Waals surface area (Å²) >= 11 is 1.53. The maximum atomic E-state index is 11.9. The SMILES string of the molecule is CSC[C@@H](NC(C)=O)C(=O)NCc1ccccc1. The van der Waals surface area contributed by atoms with E-state index in [0.29, 0.717) is 12.3 Å². The molecule has 0 radical (unpaired) electrons. The summed E-state index contributed by atoms with van der Waals surface area (Å²) in [6, 6.07) is 9.20. The minimum atomic E-state index is -0.471. The van der Waals surface area contributed by atoms with Crippen molar-refractivity contribution in [2.45, 2.75) is 19.5 Å². The van der Waals surface area contributed by atoms with Gasteiger partial charge in [0.2, 0.25) is 11.8 Å². The Bertz CT molecular complexity index is 395. The fourth-order valence-electron chi connectivity index (χ4n) is 1.50. The highest BCUT2D eigenvalue weighted by atomic mass is 32.2. The zero-order chi connectivity index (χ0) is 13.4. The summed E-state index contributed by atoms with van der Waals surface area (Å²) < 4.78 is 0. The molecule has 0 saturated heterocycles. The molecule has 0 aliphatic carbocycles. The summed E-state index contributed by atoms with van der Waals surface area (Å²) in [6.45, 7) is 1.89. The number of benzene rings is 1. The van der Waals surface area contributed by atoms with Crippen LogP contribution in [0.25, 0.3) is 0 Å². The summed E-state index contributed by atoms with van der Waals surface area (Å²) in [4.78, 5) is 22.9. The number of thioether (sulfide) groups is 1. The summed E-state index contributed by atoms with van der Waals surface area (Å²) in [5.74, 6) is 0.229. The van der Waals surface area contributed by atoms with Crippen molar-refractivity contribution in [3.8, 4) is 0 Å². The second-order valence-corrected chi connectivity index (χ2v) is 4.82. The molecule has 2 N–H and O–H groups in total. The predicted octanol–water partition coefficient (Wildman–Crippen LogP) is 1.17. The van der Waals surface area contributed by atoms with Gasteiger partial charge in [0.15, 0.2) is 0 Å². The van der Waals surface area contributed by atoms with Gasteiger partial charge in [-0.3, -0.25) is 9.59 Å². The van der Waals surface area contributed by atoms with E-state index in [1.165, 1.54) is 18.7 Å². The summed E-state index contributed by atoms with van der Waals surface area (Å²) in [5, 5.41) is 5.47. The summed E-state index contributed by atoms with van der Waals surface area (Å²) in [6.07, 6.45) is 1.90. The van der Waals surface area contributed by atoms with Crippen molar-refractivity contribution < 1.29 is 9.59 Å². The lowest BCUT2D eigenvalue weighted by molar-refractivity contribution is -0.127. The van der Waals surface area contributed by atoms with Gasteiger partial charge in [-0.25, -0.2) is 0 Å². The van der Waals surface area contributed by atoms with Crippen molar-refractivity contribution in [3.63, 3.8) is 0 Å². The number of nitrogens with one attached hydrogen (secondary N) is 2. The summed E-state index contributed by atoms with van der Waals surface area (Å²) in [5.41, 5.74) is 1.04. The van der Waals surface area contributed by atoms with E-state index >= 15 is 0 Å². The zero-order valence-corrected chi connectivity index (χ0v) is 11.4. The van der Waals surface area contributed by atoms with Crippen LogP contribution >= 0.6 is 11.8 Å². The van der Waals surface area contributed by atoms with Crippen molar-refractivity contribution >= 4 is 23.6 Å². The normalized spacial score (nSPS) is 11.7. The van der Waals surface area contributed by atoms with Gasteiger partial charge in [-0.05, 0) is 11.8 Å². The minimum absolute atomic E-state index is 0.150. The van der Waals surface area contributed by atoms with Gasteiger partial charge in [0.1, 0.15) is 6.04 Å². The fourth-order valence-corrected chi connectivity index (χ4v) is 2.07. The van der Waals surface area contributed by atoms with E-state index in [4.69, 9.17) is 0 Å². The highest BCUT2D eigenvalue weighted by Crippen LogP contribution is 2.00. The van der Waals surface area contributed by atoms with Crippen LogP contribution in [0.15, 0.2) is 30.3 Å². The third-order valence-corrected chi connectivity index (χ3v) is 3.00. The van der Waals surface area contributed by atoms with Crippen molar-refractivity contribution in [1.82, 2.24) is 10.6 Å². The number of amides is 2. The highest BCUT2D eigenvalue weighted by molar-refractivity contribution is 7.98. The van der Waals surface area contributed by atoms with E-state index in [2.05, 4.69) is 10.6 Å². The molecule has 18 heavy (non-hydrogen) atoms. The largest absolute Gasteiger partial charge is 0.350 e. The highest BCUT2D eigenvalue weighted by Gasteiger charge is 2.18. The molecular weight excluding hydrogens is 248 g/mol. The Hall–Kier alpha value is -1.49. The monoisotopic (exact) mass is 266 g/mol. The van der Waals surface area contributed by atoms with Crippen LogP contribution in [0.2, 0.25) is 0 Å². The first-order valence-electron chi connectivity index (χ1n) is 5.71. The molecule has 98 valence electrons. The standard InChI is InChI=1S/C13H18N2O2S/c1-10(16)15-12(9-18-2)13(17)14-8-11-6-4-3-5-7-11/h3-7,12H,8-9H2,1-2H3,(H,14,17)(H,15,16)/t12-/m1/s1. The maximum Gasteiger partial charge on any atom is 0.243 e. The Morgan fingerprint density at radius 3 is 2.50 bits per heavy atom. The smallest absolute Gasteiger partial charge is 0.243 e. The van der Waals surface area contributed by atoms with Crippen molar-refractivity contribution in [1.29, 1.82) is 0 Å². The molecule has 0 saturated carbocycles. The van der Waals surface area contributed by atoms with Crippen LogP contribution in [-0.2, 0) is 16.1 Å². The van der Waals surface area contributed by atoms with E-state index in [1.54, 1.807) is 0 Å². The fraction of sp³-hybridized carbons (Fsp3) is 0.385. The topological polar surface area (TPSA) is 58.2 Å². The third kappa shape index (κ3) is 5.23. The van der Waals surface area contributed by atoms with Crippen LogP contribution in [-0.4, -0.2) is 29.9 Å². The van der Waals surface area contributed by atoms with Gasteiger partial charge >= 0.3 is 0 Å². The molecule has 0 unspecified atom stereocenters. The zero-order valence-electron chi connectivity index (χ0n) is 10.6. The van der Waals surface area contributed by atoms with Gasteiger partial charge in [0.25, 0.3) is 0 Å². The molecular formula is C13H18N2O2S. The van der Waals surface area contributed by atoms with Gasteiger partial charge in [-0.1, -0.05) is 30.3 Å². The predicted molar refractivity (Wildman–Crippen MR) is 74.3 cm³/mol. The molecule has 0 heterocycles. The third-order valence-electron chi connectivity index (χ3n) is 2.34. The Morgan fingerprint density at radius 1 is 1.28 bits per heavy atom. The van der Waals surface area contributed by atoms with Crippen molar-refractivity contribution in [2.75, 3.05) is 12.0 Å². The Labute approximate surface area is 112 Å². The average molecular weight is 266 g/mol. The average Bonchev–Trinajstić information content (AvgIpc) is 2.36. The number of hydrogen-bond donors (Lipinski definition) is 2. The molecule has 0 fully saturated rings. The first-order valence-corrected chi connectivity index (χ1v) is 7.10. The molecule has 0 aliphatic rings. The molecule has 0 bridgehead atoms. The number of hydrogen-bond acceptors (Lipinski definition) is 3. The molecule has 0 aromatic heterocycles. The number of carbonyl (C=O) groups is 2. The van der Waals surface area contributed by atoms with Gasteiger partial charge in [-0.2, -0.15) is 11.8 Å². The van der Waals surface area contributed by atoms with Gasteiger partial charge in [0.05, 0.1) is 0 Å². The number of carbonyl (C=O) groups excluding carboxylic acids is 2. The second-order valence-electron chi connectivity index (χ2n) is 3.91. The molecule has 5 heteroatoms. The molecule has 1 atom stereocenters. The Balaban J connectivity index is 2.48. The Morgan fingerprint density at radius 2 is 1.94 bits per heavy atom. The van der Waals surface area contributed by atoms with Crippen LogP contribution in [0, 0.1) is 0 Å². The quantitative estimate of drug-likeness (QED) is 0.812. The Kier molecular flexibility index (Phi) is 6.28. The van der Waals surface area contributed by atoms with Crippen LogP contribution in [0.5, 0.6) is 0 Å². The van der Waals surface area contributed by atoms with Gasteiger partial charge in [0, 0.05) is 19.2 Å². The second kappa shape index (κ2) is 7.76. The van der Waals surface area contributed by atoms with Crippen LogP contribution in [0.4, 0.5) is 0 Å². The molecule has 1 rings (SSSR count). The van der Waals surface area contributed by atoms with Gasteiger partial charge < -0.3 is 10.6 Å². The molecule has 1 aromatic rings. The van der Waals surface area contributed by atoms with Gasteiger partial charge in [-0.15, -0.1) is 0 Å².